The maximum atomic E-state index is 12.6. The van der Waals surface area contributed by atoms with E-state index in [-0.39, 0.29) is 23.2 Å². The topological polar surface area (TPSA) is 63.2 Å². The summed E-state index contributed by atoms with van der Waals surface area (Å²) in [6.45, 7) is 14.8. The standard InChI is InChI=1S/C19H34O6Si/c1-17(2,3)26(8,9)23-12-13-10-15-16(11-14(13)20)25-19(5,22-7)18(4,21-6)24-15/h10,13,16H,11-12H2,1-9H3/t13?,16-,18+,19+/m1/s1. The zero-order chi connectivity index (χ0) is 20.0. The Morgan fingerprint density at radius 3 is 2.27 bits per heavy atom. The number of Topliss-reactive ketones (excluding diaryl/α,β-unsaturated/α-hetero) is 1. The smallest absolute Gasteiger partial charge is 0.261 e. The number of rotatable bonds is 5. The van der Waals surface area contributed by atoms with Crippen molar-refractivity contribution in [2.75, 3.05) is 20.8 Å². The fraction of sp³-hybridized carbons (Fsp3) is 0.842. The Balaban J connectivity index is 2.19. The van der Waals surface area contributed by atoms with Crippen molar-refractivity contribution in [3.05, 3.63) is 11.8 Å². The van der Waals surface area contributed by atoms with Gasteiger partial charge in [-0.3, -0.25) is 4.79 Å². The summed E-state index contributed by atoms with van der Waals surface area (Å²) >= 11 is 0. The van der Waals surface area contributed by atoms with Gasteiger partial charge in [0, 0.05) is 34.2 Å². The highest BCUT2D eigenvalue weighted by Gasteiger charge is 2.57. The average Bonchev–Trinajstić information content (AvgIpc) is 2.53. The number of carbonyl (C=O) groups is 1. The summed E-state index contributed by atoms with van der Waals surface area (Å²) in [5.41, 5.74) is 0. The maximum Gasteiger partial charge on any atom is 0.261 e. The van der Waals surface area contributed by atoms with Crippen LogP contribution in [-0.2, 0) is 28.2 Å². The number of methoxy groups -OCH3 is 2. The molecule has 0 amide bonds. The molecule has 0 radical (unpaired) electrons. The van der Waals surface area contributed by atoms with Crippen LogP contribution in [0.4, 0.5) is 0 Å². The molecule has 26 heavy (non-hydrogen) atoms. The van der Waals surface area contributed by atoms with Crippen LogP contribution in [0.15, 0.2) is 11.8 Å². The highest BCUT2D eigenvalue weighted by Crippen LogP contribution is 2.44. The van der Waals surface area contributed by atoms with Gasteiger partial charge in [-0.15, -0.1) is 0 Å². The first kappa shape index (κ1) is 21.6. The van der Waals surface area contributed by atoms with Gasteiger partial charge in [-0.1, -0.05) is 20.8 Å². The monoisotopic (exact) mass is 386 g/mol. The van der Waals surface area contributed by atoms with Gasteiger partial charge in [0.25, 0.3) is 5.79 Å². The molecule has 7 heteroatoms. The van der Waals surface area contributed by atoms with E-state index in [1.54, 1.807) is 21.0 Å². The van der Waals surface area contributed by atoms with E-state index >= 15 is 0 Å². The number of fused-ring (bicyclic) bond motifs is 1. The van der Waals surface area contributed by atoms with Crippen LogP contribution in [0, 0.1) is 5.92 Å². The molecule has 2 aliphatic rings. The van der Waals surface area contributed by atoms with Crippen molar-refractivity contribution >= 4 is 14.1 Å². The fourth-order valence-corrected chi connectivity index (χ4v) is 3.87. The van der Waals surface area contributed by atoms with Crippen molar-refractivity contribution in [1.82, 2.24) is 0 Å². The summed E-state index contributed by atoms with van der Waals surface area (Å²) in [4.78, 5) is 12.6. The largest absolute Gasteiger partial charge is 0.459 e. The van der Waals surface area contributed by atoms with E-state index in [0.29, 0.717) is 12.4 Å². The lowest BCUT2D eigenvalue weighted by Crippen LogP contribution is -2.62. The second kappa shape index (κ2) is 7.02. The van der Waals surface area contributed by atoms with Gasteiger partial charge in [0.1, 0.15) is 17.6 Å². The van der Waals surface area contributed by atoms with Gasteiger partial charge >= 0.3 is 0 Å². The van der Waals surface area contributed by atoms with Gasteiger partial charge in [0.15, 0.2) is 8.32 Å². The summed E-state index contributed by atoms with van der Waals surface area (Å²) in [5, 5.41) is 0.0970. The Bertz CT molecular complexity index is 581. The molecule has 1 heterocycles. The maximum absolute atomic E-state index is 12.6. The van der Waals surface area contributed by atoms with Crippen LogP contribution in [0.5, 0.6) is 0 Å². The van der Waals surface area contributed by atoms with Gasteiger partial charge in [0.05, 0.1) is 5.92 Å². The lowest BCUT2D eigenvalue weighted by Gasteiger charge is -2.50. The van der Waals surface area contributed by atoms with E-state index in [1.165, 1.54) is 7.11 Å². The summed E-state index contributed by atoms with van der Waals surface area (Å²) in [6.07, 6.45) is 1.62. The van der Waals surface area contributed by atoms with Crippen molar-refractivity contribution in [1.29, 1.82) is 0 Å². The first-order chi connectivity index (χ1) is 11.8. The molecule has 0 bridgehead atoms. The second-order valence-corrected chi connectivity index (χ2v) is 13.7. The molecule has 4 atom stereocenters. The predicted octanol–water partition coefficient (Wildman–Crippen LogP) is 3.62. The van der Waals surface area contributed by atoms with Gasteiger partial charge in [-0.05, 0) is 31.1 Å². The molecule has 0 N–H and O–H groups in total. The Kier molecular flexibility index (Phi) is 5.82. The summed E-state index contributed by atoms with van der Waals surface area (Å²) in [7, 11) is 1.16. The molecule has 0 saturated carbocycles. The second-order valence-electron chi connectivity index (χ2n) is 8.93. The van der Waals surface area contributed by atoms with Crippen LogP contribution in [0.25, 0.3) is 0 Å². The Morgan fingerprint density at radius 1 is 1.19 bits per heavy atom. The summed E-state index contributed by atoms with van der Waals surface area (Å²) in [5.74, 6) is -1.82. The zero-order valence-corrected chi connectivity index (χ0v) is 18.6. The molecule has 2 rings (SSSR count). The van der Waals surface area contributed by atoms with E-state index in [0.717, 1.165) is 0 Å². The molecule has 1 aliphatic heterocycles. The van der Waals surface area contributed by atoms with Crippen molar-refractivity contribution in [3.63, 3.8) is 0 Å². The van der Waals surface area contributed by atoms with Gasteiger partial charge in [0.2, 0.25) is 5.79 Å². The van der Waals surface area contributed by atoms with E-state index in [2.05, 4.69) is 33.9 Å². The van der Waals surface area contributed by atoms with Crippen molar-refractivity contribution in [2.45, 2.75) is 76.8 Å². The Hall–Kier alpha value is -0.733. The molecule has 1 fully saturated rings. The van der Waals surface area contributed by atoms with Crippen molar-refractivity contribution < 1.29 is 28.2 Å². The van der Waals surface area contributed by atoms with Crippen LogP contribution in [0.2, 0.25) is 18.1 Å². The van der Waals surface area contributed by atoms with Crippen molar-refractivity contribution in [2.24, 2.45) is 5.92 Å². The average molecular weight is 387 g/mol. The third-order valence-electron chi connectivity index (χ3n) is 6.20. The Morgan fingerprint density at radius 2 is 1.77 bits per heavy atom. The van der Waals surface area contributed by atoms with Crippen molar-refractivity contribution in [3.8, 4) is 0 Å². The first-order valence-electron chi connectivity index (χ1n) is 9.14. The first-order valence-corrected chi connectivity index (χ1v) is 12.0. The minimum atomic E-state index is -1.92. The van der Waals surface area contributed by atoms with E-state index in [9.17, 15) is 4.79 Å². The number of ether oxygens (including phenoxy) is 4. The number of ketones is 1. The number of hydrogen-bond donors (Lipinski definition) is 0. The molecule has 0 spiro atoms. The number of carbonyl (C=O) groups excluding carboxylic acids is 1. The molecule has 6 nitrogen and oxygen atoms in total. The predicted molar refractivity (Wildman–Crippen MR) is 101 cm³/mol. The number of hydrogen-bond acceptors (Lipinski definition) is 6. The normalized spacial score (nSPS) is 35.6. The van der Waals surface area contributed by atoms with E-state index in [4.69, 9.17) is 23.4 Å². The molecular formula is C19H34O6Si. The Labute approximate surface area is 158 Å². The quantitative estimate of drug-likeness (QED) is 0.673. The van der Waals surface area contributed by atoms with E-state index in [1.807, 2.05) is 6.08 Å². The molecular weight excluding hydrogens is 352 g/mol. The fourth-order valence-electron chi connectivity index (χ4n) is 2.85. The lowest BCUT2D eigenvalue weighted by molar-refractivity contribution is -0.413. The molecule has 0 aromatic rings. The minimum Gasteiger partial charge on any atom is -0.459 e. The van der Waals surface area contributed by atoms with Crippen LogP contribution in [0.3, 0.4) is 0 Å². The van der Waals surface area contributed by atoms with Crippen LogP contribution >= 0.6 is 0 Å². The van der Waals surface area contributed by atoms with E-state index < -0.39 is 26.0 Å². The SMILES string of the molecule is CO[C@@]1(C)OC2=CC(CO[Si](C)(C)C(C)(C)C)C(=O)C[C@H]2O[C@]1(C)OC. The third kappa shape index (κ3) is 3.78. The molecule has 1 aliphatic carbocycles. The van der Waals surface area contributed by atoms with Crippen LogP contribution in [0.1, 0.15) is 41.0 Å². The minimum absolute atomic E-state index is 0.0970. The molecule has 1 saturated heterocycles. The van der Waals surface area contributed by atoms with Gasteiger partial charge in [-0.25, -0.2) is 0 Å². The highest BCUT2D eigenvalue weighted by atomic mass is 28.4. The van der Waals surface area contributed by atoms with Gasteiger partial charge in [-0.2, -0.15) is 0 Å². The van der Waals surface area contributed by atoms with Crippen LogP contribution < -0.4 is 0 Å². The van der Waals surface area contributed by atoms with Crippen LogP contribution in [-0.4, -0.2) is 52.6 Å². The zero-order valence-electron chi connectivity index (χ0n) is 17.6. The lowest BCUT2D eigenvalue weighted by atomic mass is 9.90. The third-order valence-corrected chi connectivity index (χ3v) is 10.7. The molecule has 1 unspecified atom stereocenters. The summed E-state index contributed by atoms with van der Waals surface area (Å²) < 4.78 is 29.4. The molecule has 0 aromatic carbocycles. The van der Waals surface area contributed by atoms with Gasteiger partial charge < -0.3 is 23.4 Å². The highest BCUT2D eigenvalue weighted by molar-refractivity contribution is 6.74. The molecule has 150 valence electrons. The molecule has 0 aromatic heterocycles. The summed E-state index contributed by atoms with van der Waals surface area (Å²) in [6, 6.07) is 0.